The summed E-state index contributed by atoms with van der Waals surface area (Å²) in [5.41, 5.74) is 0.505. The fraction of sp³-hybridized carbons (Fsp3) is 0.235. The first-order valence-electron chi connectivity index (χ1n) is 7.20. The Bertz CT molecular complexity index is 717. The molecule has 2 aromatic rings. The van der Waals surface area contributed by atoms with E-state index in [1.165, 1.54) is 36.4 Å². The number of hydrogen-bond acceptors (Lipinski definition) is 2. The molecule has 120 valence electrons. The van der Waals surface area contributed by atoms with Gasteiger partial charge in [0.05, 0.1) is 5.02 Å². The van der Waals surface area contributed by atoms with E-state index in [4.69, 9.17) is 16.3 Å². The predicted molar refractivity (Wildman–Crippen MR) is 82.3 cm³/mol. The van der Waals surface area contributed by atoms with Crippen molar-refractivity contribution in [1.29, 1.82) is 0 Å². The highest BCUT2D eigenvalue weighted by Crippen LogP contribution is 2.28. The van der Waals surface area contributed by atoms with E-state index in [0.717, 1.165) is 18.9 Å². The summed E-state index contributed by atoms with van der Waals surface area (Å²) in [6.07, 6.45) is 0.909. The van der Waals surface area contributed by atoms with Crippen molar-refractivity contribution < 1.29 is 18.3 Å². The van der Waals surface area contributed by atoms with Crippen LogP contribution in [-0.2, 0) is 4.79 Å². The van der Waals surface area contributed by atoms with Crippen molar-refractivity contribution in [2.24, 2.45) is 0 Å². The van der Waals surface area contributed by atoms with E-state index in [-0.39, 0.29) is 22.7 Å². The van der Waals surface area contributed by atoms with Crippen molar-refractivity contribution in [3.8, 4) is 5.75 Å². The van der Waals surface area contributed by atoms with Crippen LogP contribution >= 0.6 is 11.6 Å². The number of carbonyl (C=O) groups excluding carboxylic acids is 1. The van der Waals surface area contributed by atoms with E-state index in [2.05, 4.69) is 5.32 Å². The van der Waals surface area contributed by atoms with E-state index >= 15 is 0 Å². The molecule has 0 saturated heterocycles. The number of nitrogens with one attached hydrogen (secondary N) is 1. The molecular weight excluding hydrogens is 324 g/mol. The number of halogens is 3. The number of benzene rings is 2. The second-order valence-corrected chi connectivity index (χ2v) is 5.82. The molecule has 23 heavy (non-hydrogen) atoms. The number of rotatable bonds is 5. The molecule has 1 unspecified atom stereocenters. The molecule has 1 saturated carbocycles. The molecule has 6 heteroatoms. The molecule has 3 rings (SSSR count). The van der Waals surface area contributed by atoms with Gasteiger partial charge in [0.1, 0.15) is 17.4 Å². The van der Waals surface area contributed by atoms with Gasteiger partial charge >= 0.3 is 0 Å². The molecule has 0 heterocycles. The Balaban J connectivity index is 1.85. The lowest BCUT2D eigenvalue weighted by molar-refractivity contribution is -0.128. The Labute approximate surface area is 137 Å². The molecule has 1 amide bonds. The highest BCUT2D eigenvalue weighted by Gasteiger charge is 2.29. The molecule has 1 N–H and O–H groups in total. The number of ether oxygens (including phenoxy) is 1. The van der Waals surface area contributed by atoms with Crippen molar-refractivity contribution in [3.05, 3.63) is 64.7 Å². The summed E-state index contributed by atoms with van der Waals surface area (Å²) in [6, 6.07) is 9.50. The first-order chi connectivity index (χ1) is 11.0. The van der Waals surface area contributed by atoms with E-state index in [1.54, 1.807) is 0 Å². The molecule has 1 atom stereocenters. The zero-order valence-electron chi connectivity index (χ0n) is 12.1. The fourth-order valence-electron chi connectivity index (χ4n) is 2.10. The van der Waals surface area contributed by atoms with Crippen LogP contribution in [0.2, 0.25) is 5.02 Å². The van der Waals surface area contributed by atoms with E-state index in [1.807, 2.05) is 0 Å². The zero-order chi connectivity index (χ0) is 16.4. The van der Waals surface area contributed by atoms with Crippen molar-refractivity contribution >= 4 is 17.5 Å². The van der Waals surface area contributed by atoms with Gasteiger partial charge < -0.3 is 10.1 Å². The number of carbonyl (C=O) groups is 1. The van der Waals surface area contributed by atoms with E-state index in [9.17, 15) is 13.6 Å². The molecule has 1 aliphatic rings. The average Bonchev–Trinajstić information content (AvgIpc) is 3.33. The third kappa shape index (κ3) is 3.99. The molecular formula is C17H14ClF2NO2. The number of amides is 1. The molecule has 1 aliphatic carbocycles. The largest absolute Gasteiger partial charge is 0.476 e. The summed E-state index contributed by atoms with van der Waals surface area (Å²) in [7, 11) is 0. The van der Waals surface area contributed by atoms with Crippen LogP contribution in [0.1, 0.15) is 24.5 Å². The standard InChI is InChI=1S/C17H14ClF2NO2/c18-14-9-13(7-8-15(14)20)23-16(17(22)21-12-5-6-12)10-1-3-11(19)4-2-10/h1-4,7-9,12,16H,5-6H2,(H,21,22). The third-order valence-corrected chi connectivity index (χ3v) is 3.77. The second kappa shape index (κ2) is 6.54. The molecule has 0 aliphatic heterocycles. The molecule has 0 bridgehead atoms. The summed E-state index contributed by atoms with van der Waals surface area (Å²) >= 11 is 5.73. The minimum atomic E-state index is -0.960. The first-order valence-corrected chi connectivity index (χ1v) is 7.58. The van der Waals surface area contributed by atoms with Gasteiger partial charge in [0.25, 0.3) is 5.91 Å². The highest BCUT2D eigenvalue weighted by atomic mass is 35.5. The summed E-state index contributed by atoms with van der Waals surface area (Å²) in [5.74, 6) is -1.03. The molecule has 0 aromatic heterocycles. The van der Waals surface area contributed by atoms with E-state index in [0.29, 0.717) is 5.56 Å². The lowest BCUT2D eigenvalue weighted by Gasteiger charge is -2.19. The van der Waals surface area contributed by atoms with Crippen LogP contribution in [0.15, 0.2) is 42.5 Å². The van der Waals surface area contributed by atoms with Gasteiger partial charge in [-0.1, -0.05) is 23.7 Å². The predicted octanol–water partition coefficient (Wildman–Crippen LogP) is 4.02. The SMILES string of the molecule is O=C(NC1CC1)C(Oc1ccc(F)c(Cl)c1)c1ccc(F)cc1. The second-order valence-electron chi connectivity index (χ2n) is 5.41. The maximum absolute atomic E-state index is 13.2. The minimum absolute atomic E-state index is 0.0945. The average molecular weight is 338 g/mol. The van der Waals surface area contributed by atoms with Crippen molar-refractivity contribution in [2.75, 3.05) is 0 Å². The molecule has 3 nitrogen and oxygen atoms in total. The van der Waals surface area contributed by atoms with Gasteiger partial charge in [0, 0.05) is 17.7 Å². The Hall–Kier alpha value is -2.14. The summed E-state index contributed by atoms with van der Waals surface area (Å²) in [5, 5.41) is 2.75. The van der Waals surface area contributed by atoms with Crippen LogP contribution in [0.4, 0.5) is 8.78 Å². The van der Waals surface area contributed by atoms with Gasteiger partial charge in [-0.25, -0.2) is 8.78 Å². The van der Waals surface area contributed by atoms with Crippen LogP contribution in [0.3, 0.4) is 0 Å². The molecule has 1 fully saturated rings. The Kier molecular flexibility index (Phi) is 4.48. The van der Waals surface area contributed by atoms with Crippen LogP contribution in [0, 0.1) is 11.6 Å². The summed E-state index contributed by atoms with van der Waals surface area (Å²) in [6.45, 7) is 0. The maximum Gasteiger partial charge on any atom is 0.266 e. The van der Waals surface area contributed by atoms with Gasteiger partial charge in [-0.05, 0) is 37.1 Å². The Morgan fingerprint density at radius 3 is 2.48 bits per heavy atom. The quantitative estimate of drug-likeness (QED) is 0.895. The van der Waals surface area contributed by atoms with Crippen molar-refractivity contribution in [3.63, 3.8) is 0 Å². The van der Waals surface area contributed by atoms with E-state index < -0.39 is 17.7 Å². The van der Waals surface area contributed by atoms with Gasteiger partial charge in [-0.15, -0.1) is 0 Å². The van der Waals surface area contributed by atoms with Crippen molar-refractivity contribution in [2.45, 2.75) is 25.0 Å². The summed E-state index contributed by atoms with van der Waals surface area (Å²) < 4.78 is 32.0. The maximum atomic E-state index is 13.2. The highest BCUT2D eigenvalue weighted by molar-refractivity contribution is 6.30. The molecule has 0 radical (unpaired) electrons. The lowest BCUT2D eigenvalue weighted by Crippen LogP contribution is -2.33. The number of hydrogen-bond donors (Lipinski definition) is 1. The first kappa shape index (κ1) is 15.7. The Morgan fingerprint density at radius 1 is 1.17 bits per heavy atom. The fourth-order valence-corrected chi connectivity index (χ4v) is 2.27. The van der Waals surface area contributed by atoms with Gasteiger partial charge in [-0.2, -0.15) is 0 Å². The van der Waals surface area contributed by atoms with Crippen LogP contribution < -0.4 is 10.1 Å². The summed E-state index contributed by atoms with van der Waals surface area (Å²) in [4.78, 5) is 12.4. The van der Waals surface area contributed by atoms with Crippen LogP contribution in [0.5, 0.6) is 5.75 Å². The van der Waals surface area contributed by atoms with Crippen LogP contribution in [-0.4, -0.2) is 11.9 Å². The minimum Gasteiger partial charge on any atom is -0.476 e. The van der Waals surface area contributed by atoms with Crippen molar-refractivity contribution in [1.82, 2.24) is 5.32 Å². The lowest BCUT2D eigenvalue weighted by atomic mass is 10.1. The van der Waals surface area contributed by atoms with Crippen LogP contribution in [0.25, 0.3) is 0 Å². The monoisotopic (exact) mass is 337 g/mol. The van der Waals surface area contributed by atoms with Gasteiger partial charge in [0.15, 0.2) is 0 Å². The topological polar surface area (TPSA) is 38.3 Å². The van der Waals surface area contributed by atoms with Gasteiger partial charge in [0.2, 0.25) is 6.10 Å². The molecule has 0 spiro atoms. The van der Waals surface area contributed by atoms with Gasteiger partial charge in [-0.3, -0.25) is 4.79 Å². The third-order valence-electron chi connectivity index (χ3n) is 3.48. The molecule has 2 aromatic carbocycles. The zero-order valence-corrected chi connectivity index (χ0v) is 12.8. The smallest absolute Gasteiger partial charge is 0.266 e. The normalized spacial score (nSPS) is 15.1. The Morgan fingerprint density at radius 2 is 1.87 bits per heavy atom.